The molecule has 0 amide bonds. The number of phenolic OH excluding ortho intramolecular Hbond substituents is 2. The summed E-state index contributed by atoms with van der Waals surface area (Å²) in [5.74, 6) is -0.278. The summed E-state index contributed by atoms with van der Waals surface area (Å²) < 4.78 is 4.75. The van der Waals surface area contributed by atoms with Crippen molar-refractivity contribution in [2.24, 2.45) is 0 Å². The average Bonchev–Trinajstić information content (AvgIpc) is 2.03. The van der Waals surface area contributed by atoms with E-state index < -0.39 is 0 Å². The van der Waals surface area contributed by atoms with Crippen molar-refractivity contribution in [3.63, 3.8) is 0 Å². The minimum atomic E-state index is -0.290. The summed E-state index contributed by atoms with van der Waals surface area (Å²) in [6, 6.07) is 2.33. The van der Waals surface area contributed by atoms with Crippen LogP contribution in [0.3, 0.4) is 0 Å². The molecule has 2 N–H and O–H groups in total. The fraction of sp³-hybridized carbons (Fsp3) is 0.125. The third-order valence-electron chi connectivity index (χ3n) is 1.44. The molecule has 4 heteroatoms. The number of rotatable bonds is 2. The lowest BCUT2D eigenvalue weighted by molar-refractivity contribution is 0.111. The zero-order valence-corrected chi connectivity index (χ0v) is 6.44. The molecule has 0 spiro atoms. The van der Waals surface area contributed by atoms with Gasteiger partial charge >= 0.3 is 0 Å². The molecule has 0 radical (unpaired) electrons. The van der Waals surface area contributed by atoms with Crippen LogP contribution in [-0.4, -0.2) is 23.6 Å². The molecule has 0 aliphatic heterocycles. The van der Waals surface area contributed by atoms with Crippen LogP contribution in [0, 0.1) is 0 Å². The summed E-state index contributed by atoms with van der Waals surface area (Å²) in [6.07, 6.45) is 0.466. The Bertz CT molecular complexity index is 306. The Morgan fingerprint density at radius 1 is 1.42 bits per heavy atom. The van der Waals surface area contributed by atoms with E-state index in [1.54, 1.807) is 0 Å². The first-order chi connectivity index (χ1) is 5.69. The van der Waals surface area contributed by atoms with Crippen molar-refractivity contribution in [3.05, 3.63) is 17.7 Å². The summed E-state index contributed by atoms with van der Waals surface area (Å²) in [4.78, 5) is 10.4. The molecule has 1 aromatic carbocycles. The van der Waals surface area contributed by atoms with Crippen LogP contribution in [0.4, 0.5) is 0 Å². The van der Waals surface area contributed by atoms with Gasteiger partial charge in [-0.2, -0.15) is 0 Å². The van der Waals surface area contributed by atoms with E-state index in [1.165, 1.54) is 13.2 Å². The Balaban J connectivity index is 3.33. The van der Waals surface area contributed by atoms with Gasteiger partial charge in [-0.15, -0.1) is 0 Å². The second-order valence-electron chi connectivity index (χ2n) is 2.20. The smallest absolute Gasteiger partial charge is 0.157 e. The first-order valence-corrected chi connectivity index (χ1v) is 3.24. The molecule has 0 unspecified atom stereocenters. The van der Waals surface area contributed by atoms with Crippen molar-refractivity contribution in [1.82, 2.24) is 0 Å². The van der Waals surface area contributed by atoms with Gasteiger partial charge in [0.15, 0.2) is 6.29 Å². The maximum absolute atomic E-state index is 10.4. The number of ether oxygens (including phenoxy) is 1. The van der Waals surface area contributed by atoms with Crippen LogP contribution in [0.5, 0.6) is 17.2 Å². The van der Waals surface area contributed by atoms with Crippen molar-refractivity contribution >= 4 is 6.29 Å². The normalized spacial score (nSPS) is 9.42. The van der Waals surface area contributed by atoms with E-state index in [0.717, 1.165) is 6.07 Å². The number of aromatic hydroxyl groups is 2. The number of methoxy groups -OCH3 is 1. The van der Waals surface area contributed by atoms with Gasteiger partial charge in [-0.05, 0) is 0 Å². The standard InChI is InChI=1S/C8H8O4/c1-12-8-3-5(10)2-7(11)6(8)4-9/h2-4,10-11H,1H3. The number of hydrogen-bond donors (Lipinski definition) is 2. The van der Waals surface area contributed by atoms with Gasteiger partial charge in [0.25, 0.3) is 0 Å². The molecule has 12 heavy (non-hydrogen) atoms. The van der Waals surface area contributed by atoms with Crippen molar-refractivity contribution in [2.75, 3.05) is 7.11 Å². The molecule has 0 saturated heterocycles. The van der Waals surface area contributed by atoms with Crippen molar-refractivity contribution in [3.8, 4) is 17.2 Å². The molecule has 4 nitrogen and oxygen atoms in total. The van der Waals surface area contributed by atoms with Crippen LogP contribution < -0.4 is 4.74 Å². The van der Waals surface area contributed by atoms with E-state index in [4.69, 9.17) is 14.9 Å². The van der Waals surface area contributed by atoms with Crippen LogP contribution in [0.1, 0.15) is 10.4 Å². The summed E-state index contributed by atoms with van der Waals surface area (Å²) in [7, 11) is 1.35. The van der Waals surface area contributed by atoms with E-state index >= 15 is 0 Å². The van der Waals surface area contributed by atoms with Crippen LogP contribution >= 0.6 is 0 Å². The highest BCUT2D eigenvalue weighted by molar-refractivity contribution is 5.84. The molecule has 0 aromatic heterocycles. The van der Waals surface area contributed by atoms with Crippen LogP contribution in [0.15, 0.2) is 12.1 Å². The second-order valence-corrected chi connectivity index (χ2v) is 2.20. The SMILES string of the molecule is COc1cc(O)cc(O)c1C=O. The largest absolute Gasteiger partial charge is 0.508 e. The molecule has 0 bridgehead atoms. The second kappa shape index (κ2) is 3.13. The predicted molar refractivity (Wildman–Crippen MR) is 41.7 cm³/mol. The van der Waals surface area contributed by atoms with Gasteiger partial charge in [-0.1, -0.05) is 0 Å². The number of benzene rings is 1. The Kier molecular flexibility index (Phi) is 2.19. The molecular formula is C8H8O4. The maximum atomic E-state index is 10.4. The molecule has 0 fully saturated rings. The predicted octanol–water partition coefficient (Wildman–Crippen LogP) is 0.919. The van der Waals surface area contributed by atoms with E-state index in [-0.39, 0.29) is 22.8 Å². The van der Waals surface area contributed by atoms with E-state index in [2.05, 4.69) is 0 Å². The summed E-state index contributed by atoms with van der Waals surface area (Å²) in [5.41, 5.74) is 0.0373. The summed E-state index contributed by atoms with van der Waals surface area (Å²) >= 11 is 0. The molecule has 1 rings (SSSR count). The first-order valence-electron chi connectivity index (χ1n) is 3.24. The molecular weight excluding hydrogens is 160 g/mol. The molecule has 0 heterocycles. The average molecular weight is 168 g/mol. The Labute approximate surface area is 69.0 Å². The lowest BCUT2D eigenvalue weighted by Gasteiger charge is -2.05. The minimum absolute atomic E-state index is 0.0373. The van der Waals surface area contributed by atoms with Gasteiger partial charge in [0.2, 0.25) is 0 Å². The fourth-order valence-corrected chi connectivity index (χ4v) is 0.885. The number of phenols is 2. The van der Waals surface area contributed by atoms with E-state index in [1.807, 2.05) is 0 Å². The molecule has 1 aromatic rings. The highest BCUT2D eigenvalue weighted by Crippen LogP contribution is 2.30. The number of aldehydes is 1. The topological polar surface area (TPSA) is 66.8 Å². The van der Waals surface area contributed by atoms with Crippen LogP contribution in [-0.2, 0) is 0 Å². The van der Waals surface area contributed by atoms with Gasteiger partial charge in [0, 0.05) is 12.1 Å². The zero-order chi connectivity index (χ0) is 9.14. The Hall–Kier alpha value is -1.71. The highest BCUT2D eigenvalue weighted by Gasteiger charge is 2.09. The van der Waals surface area contributed by atoms with Crippen molar-refractivity contribution in [1.29, 1.82) is 0 Å². The Morgan fingerprint density at radius 2 is 2.08 bits per heavy atom. The summed E-state index contributed by atoms with van der Waals surface area (Å²) in [5, 5.41) is 18.1. The van der Waals surface area contributed by atoms with Gasteiger partial charge in [-0.25, -0.2) is 0 Å². The van der Waals surface area contributed by atoms with Crippen LogP contribution in [0.25, 0.3) is 0 Å². The van der Waals surface area contributed by atoms with E-state index in [9.17, 15) is 4.79 Å². The third kappa shape index (κ3) is 1.32. The molecule has 64 valence electrons. The van der Waals surface area contributed by atoms with E-state index in [0.29, 0.717) is 6.29 Å². The molecule has 0 aliphatic carbocycles. The lowest BCUT2D eigenvalue weighted by Crippen LogP contribution is -1.90. The summed E-state index contributed by atoms with van der Waals surface area (Å²) in [6.45, 7) is 0. The van der Waals surface area contributed by atoms with Gasteiger partial charge in [0.05, 0.1) is 12.7 Å². The zero-order valence-electron chi connectivity index (χ0n) is 6.44. The first kappa shape index (κ1) is 8.39. The molecule has 0 aliphatic rings. The quantitative estimate of drug-likeness (QED) is 0.644. The minimum Gasteiger partial charge on any atom is -0.508 e. The van der Waals surface area contributed by atoms with Gasteiger partial charge in [-0.3, -0.25) is 4.79 Å². The highest BCUT2D eigenvalue weighted by atomic mass is 16.5. The monoisotopic (exact) mass is 168 g/mol. The Morgan fingerprint density at radius 3 is 2.58 bits per heavy atom. The number of hydrogen-bond acceptors (Lipinski definition) is 4. The molecule has 0 saturated carbocycles. The number of carbonyl (C=O) groups excluding carboxylic acids is 1. The maximum Gasteiger partial charge on any atom is 0.157 e. The van der Waals surface area contributed by atoms with Crippen molar-refractivity contribution in [2.45, 2.75) is 0 Å². The van der Waals surface area contributed by atoms with Gasteiger partial charge < -0.3 is 14.9 Å². The lowest BCUT2D eigenvalue weighted by atomic mass is 10.2. The number of carbonyl (C=O) groups is 1. The fourth-order valence-electron chi connectivity index (χ4n) is 0.885. The molecule has 0 atom stereocenters. The van der Waals surface area contributed by atoms with Crippen molar-refractivity contribution < 1.29 is 19.7 Å². The third-order valence-corrected chi connectivity index (χ3v) is 1.44. The van der Waals surface area contributed by atoms with Crippen LogP contribution in [0.2, 0.25) is 0 Å². The van der Waals surface area contributed by atoms with Gasteiger partial charge in [0.1, 0.15) is 17.2 Å².